The van der Waals surface area contributed by atoms with Gasteiger partial charge >= 0.3 is 6.09 Å². The summed E-state index contributed by atoms with van der Waals surface area (Å²) in [6.45, 7) is 0.542. The lowest BCUT2D eigenvalue weighted by Crippen LogP contribution is -2.24. The molecule has 0 aliphatic heterocycles. The molecule has 0 atom stereocenters. The van der Waals surface area contributed by atoms with Crippen molar-refractivity contribution >= 4 is 6.09 Å². The molecule has 3 aromatic rings. The predicted octanol–water partition coefficient (Wildman–Crippen LogP) is 3.50. The molecule has 0 aliphatic carbocycles. The van der Waals surface area contributed by atoms with Crippen LogP contribution in [-0.4, -0.2) is 16.1 Å². The Bertz CT molecular complexity index is 754. The van der Waals surface area contributed by atoms with E-state index in [1.807, 2.05) is 60.7 Å². The highest BCUT2D eigenvalue weighted by Gasteiger charge is 2.06. The summed E-state index contributed by atoms with van der Waals surface area (Å²) in [7, 11) is 0. The van der Waals surface area contributed by atoms with Gasteiger partial charge in [-0.25, -0.2) is 9.78 Å². The zero-order chi connectivity index (χ0) is 15.9. The third-order valence-electron chi connectivity index (χ3n) is 3.33. The topological polar surface area (TPSA) is 67.0 Å². The van der Waals surface area contributed by atoms with E-state index in [1.165, 1.54) is 0 Å². The Hall–Kier alpha value is -3.08. The normalized spacial score (nSPS) is 10.3. The molecule has 0 unspecified atom stereocenters. The van der Waals surface area contributed by atoms with Crippen LogP contribution in [-0.2, 0) is 17.9 Å². The largest absolute Gasteiger partial charge is 0.445 e. The molecule has 1 aromatic heterocycles. The minimum absolute atomic E-state index is 0.250. The molecular formula is C18H17N3O2. The van der Waals surface area contributed by atoms with Gasteiger partial charge in [0.05, 0.1) is 18.4 Å². The fourth-order valence-electron chi connectivity index (χ4n) is 2.15. The van der Waals surface area contributed by atoms with Crippen molar-refractivity contribution in [1.82, 2.24) is 15.3 Å². The molecule has 3 rings (SSSR count). The van der Waals surface area contributed by atoms with Crippen molar-refractivity contribution in [1.29, 1.82) is 0 Å². The average molecular weight is 307 g/mol. The van der Waals surface area contributed by atoms with Gasteiger partial charge in [-0.2, -0.15) is 0 Å². The molecule has 1 amide bonds. The van der Waals surface area contributed by atoms with Gasteiger partial charge < -0.3 is 15.0 Å². The van der Waals surface area contributed by atoms with Crippen molar-refractivity contribution in [3.05, 3.63) is 78.2 Å². The van der Waals surface area contributed by atoms with Crippen LogP contribution in [0.1, 0.15) is 11.4 Å². The smallest absolute Gasteiger partial charge is 0.407 e. The quantitative estimate of drug-likeness (QED) is 0.758. The lowest BCUT2D eigenvalue weighted by molar-refractivity contribution is 0.139. The number of aromatic nitrogens is 2. The number of alkyl carbamates (subject to hydrolysis) is 1. The molecule has 5 heteroatoms. The Labute approximate surface area is 134 Å². The van der Waals surface area contributed by atoms with Gasteiger partial charge in [-0.15, -0.1) is 0 Å². The van der Waals surface area contributed by atoms with Crippen LogP contribution in [0.3, 0.4) is 0 Å². The molecule has 1 heterocycles. The maximum absolute atomic E-state index is 11.7. The molecule has 0 saturated heterocycles. The van der Waals surface area contributed by atoms with Crippen LogP contribution in [0.2, 0.25) is 0 Å². The summed E-state index contributed by atoms with van der Waals surface area (Å²) < 4.78 is 5.15. The van der Waals surface area contributed by atoms with Gasteiger partial charge in [-0.1, -0.05) is 60.7 Å². The van der Waals surface area contributed by atoms with E-state index < -0.39 is 6.09 Å². The maximum atomic E-state index is 11.7. The van der Waals surface area contributed by atoms with Crippen molar-refractivity contribution < 1.29 is 9.53 Å². The van der Waals surface area contributed by atoms with Gasteiger partial charge in [0.25, 0.3) is 0 Å². The number of aromatic amines is 1. The highest BCUT2D eigenvalue weighted by Crippen LogP contribution is 2.15. The second-order valence-corrected chi connectivity index (χ2v) is 5.02. The summed E-state index contributed by atoms with van der Waals surface area (Å²) in [6, 6.07) is 19.4. The number of carbonyl (C=O) groups excluding carboxylic acids is 1. The molecule has 116 valence electrons. The first-order valence-electron chi connectivity index (χ1n) is 7.35. The van der Waals surface area contributed by atoms with Crippen LogP contribution in [0.25, 0.3) is 11.3 Å². The highest BCUT2D eigenvalue weighted by molar-refractivity contribution is 5.67. The lowest BCUT2D eigenvalue weighted by Gasteiger charge is -2.05. The monoisotopic (exact) mass is 307 g/mol. The number of hydrogen-bond acceptors (Lipinski definition) is 3. The second kappa shape index (κ2) is 7.26. The fourth-order valence-corrected chi connectivity index (χ4v) is 2.15. The Morgan fingerprint density at radius 2 is 1.74 bits per heavy atom. The first-order chi connectivity index (χ1) is 11.3. The molecule has 0 aliphatic rings. The maximum Gasteiger partial charge on any atom is 0.407 e. The van der Waals surface area contributed by atoms with E-state index >= 15 is 0 Å². The molecule has 2 N–H and O–H groups in total. The predicted molar refractivity (Wildman–Crippen MR) is 87.5 cm³/mol. The van der Waals surface area contributed by atoms with Gasteiger partial charge in [-0.3, -0.25) is 0 Å². The first kappa shape index (κ1) is 14.8. The number of hydrogen-bond donors (Lipinski definition) is 2. The third kappa shape index (κ3) is 4.20. The molecule has 2 aromatic carbocycles. The van der Waals surface area contributed by atoms with Gasteiger partial charge in [0, 0.05) is 0 Å². The van der Waals surface area contributed by atoms with Crippen LogP contribution in [0, 0.1) is 0 Å². The number of carbonyl (C=O) groups is 1. The summed E-state index contributed by atoms with van der Waals surface area (Å²) in [6.07, 6.45) is 1.29. The summed E-state index contributed by atoms with van der Waals surface area (Å²) in [4.78, 5) is 19.1. The van der Waals surface area contributed by atoms with E-state index in [0.29, 0.717) is 12.4 Å². The Morgan fingerprint density at radius 3 is 2.48 bits per heavy atom. The zero-order valence-electron chi connectivity index (χ0n) is 12.5. The molecule has 0 radical (unpaired) electrons. The molecule has 23 heavy (non-hydrogen) atoms. The van der Waals surface area contributed by atoms with E-state index in [0.717, 1.165) is 16.8 Å². The number of rotatable bonds is 5. The van der Waals surface area contributed by atoms with Crippen LogP contribution in [0.5, 0.6) is 0 Å². The number of nitrogens with zero attached hydrogens (tertiary/aromatic N) is 1. The zero-order valence-corrected chi connectivity index (χ0v) is 12.5. The fraction of sp³-hybridized carbons (Fsp3) is 0.111. The van der Waals surface area contributed by atoms with Crippen molar-refractivity contribution in [2.75, 3.05) is 0 Å². The second-order valence-electron chi connectivity index (χ2n) is 5.02. The molecular weight excluding hydrogens is 290 g/mol. The van der Waals surface area contributed by atoms with E-state index in [4.69, 9.17) is 4.74 Å². The number of nitrogens with one attached hydrogen (secondary N) is 2. The van der Waals surface area contributed by atoms with Crippen molar-refractivity contribution in [2.24, 2.45) is 0 Å². The third-order valence-corrected chi connectivity index (χ3v) is 3.33. The van der Waals surface area contributed by atoms with Crippen LogP contribution in [0.4, 0.5) is 4.79 Å². The highest BCUT2D eigenvalue weighted by atomic mass is 16.5. The minimum atomic E-state index is -0.466. The summed E-state index contributed by atoms with van der Waals surface area (Å²) >= 11 is 0. The average Bonchev–Trinajstić information content (AvgIpc) is 3.09. The van der Waals surface area contributed by atoms with E-state index in [9.17, 15) is 4.79 Å². The summed E-state index contributed by atoms with van der Waals surface area (Å²) in [5.41, 5.74) is 2.92. The minimum Gasteiger partial charge on any atom is -0.445 e. The Morgan fingerprint density at radius 1 is 1.04 bits per heavy atom. The summed E-state index contributed by atoms with van der Waals surface area (Å²) in [5, 5.41) is 2.68. The lowest BCUT2D eigenvalue weighted by atomic mass is 10.2. The van der Waals surface area contributed by atoms with Gasteiger partial charge in [0.15, 0.2) is 0 Å². The number of imidazole rings is 1. The van der Waals surface area contributed by atoms with Crippen LogP contribution < -0.4 is 5.32 Å². The number of benzene rings is 2. The van der Waals surface area contributed by atoms with E-state index in [2.05, 4.69) is 15.3 Å². The molecule has 0 bridgehead atoms. The SMILES string of the molecule is O=C(NCc1ncc(-c2ccccc2)[nH]1)OCc1ccccc1. The summed E-state index contributed by atoms with van der Waals surface area (Å²) in [5.74, 6) is 0.681. The molecule has 0 fully saturated rings. The van der Waals surface area contributed by atoms with Crippen molar-refractivity contribution in [3.63, 3.8) is 0 Å². The molecule has 5 nitrogen and oxygen atoms in total. The van der Waals surface area contributed by atoms with Crippen molar-refractivity contribution in [2.45, 2.75) is 13.2 Å². The Balaban J connectivity index is 1.49. The first-order valence-corrected chi connectivity index (χ1v) is 7.35. The number of amides is 1. The number of H-pyrrole nitrogens is 1. The molecule has 0 spiro atoms. The van der Waals surface area contributed by atoms with Crippen LogP contribution in [0.15, 0.2) is 66.9 Å². The van der Waals surface area contributed by atoms with Crippen molar-refractivity contribution in [3.8, 4) is 11.3 Å². The van der Waals surface area contributed by atoms with Crippen LogP contribution >= 0.6 is 0 Å². The Kier molecular flexibility index (Phi) is 4.69. The van der Waals surface area contributed by atoms with E-state index in [1.54, 1.807) is 6.20 Å². The molecule has 0 saturated carbocycles. The van der Waals surface area contributed by atoms with E-state index in [-0.39, 0.29) is 6.61 Å². The van der Waals surface area contributed by atoms with Gasteiger partial charge in [-0.05, 0) is 11.1 Å². The van der Waals surface area contributed by atoms with Gasteiger partial charge in [0.2, 0.25) is 0 Å². The standard InChI is InChI=1S/C18H17N3O2/c22-18(23-13-14-7-3-1-4-8-14)20-12-17-19-11-16(21-17)15-9-5-2-6-10-15/h1-11H,12-13H2,(H,19,21)(H,20,22). The van der Waals surface area contributed by atoms with Gasteiger partial charge in [0.1, 0.15) is 12.4 Å². The number of ether oxygens (including phenoxy) is 1.